The second-order valence-corrected chi connectivity index (χ2v) is 8.04. The third kappa shape index (κ3) is 4.61. The van der Waals surface area contributed by atoms with Crippen LogP contribution >= 0.6 is 11.8 Å². The molecule has 1 aliphatic rings. The van der Waals surface area contributed by atoms with Crippen LogP contribution in [0.2, 0.25) is 0 Å². The van der Waals surface area contributed by atoms with Crippen LogP contribution in [0, 0.1) is 13.8 Å². The average molecular weight is 373 g/mol. The number of hydrogen-bond acceptors (Lipinski definition) is 4. The fourth-order valence-corrected chi connectivity index (χ4v) is 4.26. The summed E-state index contributed by atoms with van der Waals surface area (Å²) in [6, 6.07) is 8.57. The molecule has 140 valence electrons. The monoisotopic (exact) mass is 372 g/mol. The molecule has 1 saturated heterocycles. The molecule has 2 heterocycles. The van der Waals surface area contributed by atoms with Crippen molar-refractivity contribution in [2.45, 2.75) is 33.2 Å². The molecule has 0 aliphatic carbocycles. The highest BCUT2D eigenvalue weighted by molar-refractivity contribution is 7.99. The van der Waals surface area contributed by atoms with Crippen molar-refractivity contribution in [1.29, 1.82) is 0 Å². The fourth-order valence-electron chi connectivity index (χ4n) is 3.35. The van der Waals surface area contributed by atoms with Crippen LogP contribution in [0.15, 0.2) is 24.3 Å². The van der Waals surface area contributed by atoms with Crippen LogP contribution < -0.4 is 10.2 Å². The van der Waals surface area contributed by atoms with Crippen molar-refractivity contribution in [2.24, 2.45) is 7.05 Å². The Balaban J connectivity index is 1.46. The lowest BCUT2D eigenvalue weighted by atomic mass is 10.1. The quantitative estimate of drug-likeness (QED) is 0.847. The van der Waals surface area contributed by atoms with Gasteiger partial charge in [-0.15, -0.1) is 0 Å². The molecule has 26 heavy (non-hydrogen) atoms. The van der Waals surface area contributed by atoms with Gasteiger partial charge in [0.25, 0.3) is 0 Å². The van der Waals surface area contributed by atoms with Crippen LogP contribution in [0.25, 0.3) is 0 Å². The van der Waals surface area contributed by atoms with Crippen molar-refractivity contribution in [2.75, 3.05) is 29.5 Å². The largest absolute Gasteiger partial charge is 0.370 e. The normalized spacial score (nSPS) is 14.5. The molecule has 0 radical (unpaired) electrons. The van der Waals surface area contributed by atoms with E-state index < -0.39 is 0 Å². The SMILES string of the molecule is Cc1nn(C)c(C)c1CCC(=O)NCc1ccc(N2CCSCC2)cc1. The second-order valence-electron chi connectivity index (χ2n) is 6.82. The summed E-state index contributed by atoms with van der Waals surface area (Å²) in [4.78, 5) is 14.6. The molecule has 2 aromatic rings. The van der Waals surface area contributed by atoms with Gasteiger partial charge in [0.1, 0.15) is 0 Å². The van der Waals surface area contributed by atoms with Crippen LogP contribution in [0.1, 0.15) is 28.9 Å². The molecule has 0 atom stereocenters. The summed E-state index contributed by atoms with van der Waals surface area (Å²) in [5, 5.41) is 7.44. The number of carbonyl (C=O) groups is 1. The van der Waals surface area contributed by atoms with E-state index in [0.717, 1.165) is 36.5 Å². The summed E-state index contributed by atoms with van der Waals surface area (Å²) in [5.41, 5.74) is 5.77. The Morgan fingerprint density at radius 1 is 1.19 bits per heavy atom. The Morgan fingerprint density at radius 2 is 1.88 bits per heavy atom. The highest BCUT2D eigenvalue weighted by Crippen LogP contribution is 2.20. The summed E-state index contributed by atoms with van der Waals surface area (Å²) >= 11 is 2.02. The first-order valence-electron chi connectivity index (χ1n) is 9.22. The minimum atomic E-state index is 0.0878. The molecule has 0 saturated carbocycles. The fraction of sp³-hybridized carbons (Fsp3) is 0.500. The first-order valence-corrected chi connectivity index (χ1v) is 10.4. The highest BCUT2D eigenvalue weighted by Gasteiger charge is 2.12. The minimum absolute atomic E-state index is 0.0878. The number of thioether (sulfide) groups is 1. The van der Waals surface area contributed by atoms with Crippen molar-refractivity contribution >= 4 is 23.4 Å². The number of rotatable bonds is 6. The van der Waals surface area contributed by atoms with Crippen LogP contribution in [-0.2, 0) is 24.8 Å². The maximum Gasteiger partial charge on any atom is 0.220 e. The lowest BCUT2D eigenvalue weighted by molar-refractivity contribution is -0.121. The Morgan fingerprint density at radius 3 is 2.50 bits per heavy atom. The van der Waals surface area contributed by atoms with Gasteiger partial charge in [0.05, 0.1) is 5.69 Å². The third-order valence-electron chi connectivity index (χ3n) is 5.06. The number of nitrogens with zero attached hydrogens (tertiary/aromatic N) is 3. The van der Waals surface area contributed by atoms with Gasteiger partial charge in [-0.2, -0.15) is 16.9 Å². The van der Waals surface area contributed by atoms with E-state index in [4.69, 9.17) is 0 Å². The summed E-state index contributed by atoms with van der Waals surface area (Å²) in [6.45, 7) is 6.88. The predicted octanol–water partition coefficient (Wildman–Crippen LogP) is 2.84. The predicted molar refractivity (Wildman–Crippen MR) is 109 cm³/mol. The van der Waals surface area contributed by atoms with Gasteiger partial charge in [-0.1, -0.05) is 12.1 Å². The first kappa shape index (κ1) is 18.8. The lowest BCUT2D eigenvalue weighted by Gasteiger charge is -2.28. The highest BCUT2D eigenvalue weighted by atomic mass is 32.2. The molecule has 1 aromatic heterocycles. The number of aromatic nitrogens is 2. The van der Waals surface area contributed by atoms with E-state index in [9.17, 15) is 4.79 Å². The maximum absolute atomic E-state index is 12.2. The summed E-state index contributed by atoms with van der Waals surface area (Å²) in [6.07, 6.45) is 1.24. The molecule has 1 N–H and O–H groups in total. The van der Waals surface area contributed by atoms with Gasteiger partial charge >= 0.3 is 0 Å². The molecule has 3 rings (SSSR count). The van der Waals surface area contributed by atoms with Crippen molar-refractivity contribution in [3.05, 3.63) is 46.8 Å². The Bertz CT molecular complexity index is 748. The van der Waals surface area contributed by atoms with Gasteiger partial charge < -0.3 is 10.2 Å². The zero-order valence-corrected chi connectivity index (χ0v) is 16.7. The Kier molecular flexibility index (Phi) is 6.25. The first-order chi connectivity index (χ1) is 12.5. The second kappa shape index (κ2) is 8.62. The Labute approximate surface area is 160 Å². The third-order valence-corrected chi connectivity index (χ3v) is 6.01. The molecule has 1 fully saturated rings. The lowest BCUT2D eigenvalue weighted by Crippen LogP contribution is -2.32. The van der Waals surface area contributed by atoms with Gasteiger partial charge in [0.2, 0.25) is 5.91 Å². The molecule has 6 heteroatoms. The minimum Gasteiger partial charge on any atom is -0.370 e. The standard InChI is InChI=1S/C20H28N4OS/c1-15-19(16(2)23(3)22-15)8-9-20(25)21-14-17-4-6-18(7-5-17)24-10-12-26-13-11-24/h4-7H,8-14H2,1-3H3,(H,21,25). The van der Waals surface area contributed by atoms with Gasteiger partial charge in [-0.05, 0) is 43.5 Å². The molecule has 0 bridgehead atoms. The molecule has 1 aromatic carbocycles. The van der Waals surface area contributed by atoms with Gasteiger partial charge in [0, 0.05) is 56.0 Å². The Hall–Kier alpha value is -1.95. The summed E-state index contributed by atoms with van der Waals surface area (Å²) in [7, 11) is 1.94. The topological polar surface area (TPSA) is 50.2 Å². The maximum atomic E-state index is 12.2. The number of amides is 1. The number of carbonyl (C=O) groups excluding carboxylic acids is 1. The van der Waals surface area contributed by atoms with Crippen molar-refractivity contribution < 1.29 is 4.79 Å². The summed E-state index contributed by atoms with van der Waals surface area (Å²) < 4.78 is 1.88. The molecule has 1 aliphatic heterocycles. The van der Waals surface area contributed by atoms with E-state index >= 15 is 0 Å². The number of aryl methyl sites for hydroxylation is 2. The number of nitrogens with one attached hydrogen (secondary N) is 1. The van der Waals surface area contributed by atoms with Crippen LogP contribution in [0.4, 0.5) is 5.69 Å². The van der Waals surface area contributed by atoms with E-state index in [1.807, 2.05) is 30.4 Å². The smallest absolute Gasteiger partial charge is 0.220 e. The van der Waals surface area contributed by atoms with E-state index in [-0.39, 0.29) is 5.91 Å². The van der Waals surface area contributed by atoms with Gasteiger partial charge in [-0.3, -0.25) is 9.48 Å². The van der Waals surface area contributed by atoms with Crippen molar-refractivity contribution in [1.82, 2.24) is 15.1 Å². The zero-order chi connectivity index (χ0) is 18.5. The van der Waals surface area contributed by atoms with Crippen molar-refractivity contribution in [3.8, 4) is 0 Å². The van der Waals surface area contributed by atoms with Crippen LogP contribution in [0.3, 0.4) is 0 Å². The number of anilines is 1. The number of hydrogen-bond donors (Lipinski definition) is 1. The van der Waals surface area contributed by atoms with E-state index in [0.29, 0.717) is 13.0 Å². The van der Waals surface area contributed by atoms with Crippen molar-refractivity contribution in [3.63, 3.8) is 0 Å². The average Bonchev–Trinajstić information content (AvgIpc) is 2.91. The number of benzene rings is 1. The molecular weight excluding hydrogens is 344 g/mol. The van der Waals surface area contributed by atoms with E-state index in [2.05, 4.69) is 46.5 Å². The van der Waals surface area contributed by atoms with Crippen LogP contribution in [-0.4, -0.2) is 40.3 Å². The van der Waals surface area contributed by atoms with E-state index in [1.54, 1.807) is 0 Å². The van der Waals surface area contributed by atoms with Gasteiger partial charge in [0.15, 0.2) is 0 Å². The molecule has 5 nitrogen and oxygen atoms in total. The van der Waals surface area contributed by atoms with Crippen LogP contribution in [0.5, 0.6) is 0 Å². The molecular formula is C20H28N4OS. The molecule has 0 spiro atoms. The van der Waals surface area contributed by atoms with E-state index in [1.165, 1.54) is 22.8 Å². The molecule has 0 unspecified atom stereocenters. The van der Waals surface area contributed by atoms with Gasteiger partial charge in [-0.25, -0.2) is 0 Å². The zero-order valence-electron chi connectivity index (χ0n) is 15.9. The molecule has 1 amide bonds. The summed E-state index contributed by atoms with van der Waals surface area (Å²) in [5.74, 6) is 2.49.